The number of hydrogen-bond acceptors (Lipinski definition) is 2. The Hall–Kier alpha value is -2.07. The van der Waals surface area contributed by atoms with E-state index >= 15 is 0 Å². The van der Waals surface area contributed by atoms with Crippen LogP contribution in [0.5, 0.6) is 5.75 Å². The van der Waals surface area contributed by atoms with Gasteiger partial charge in [-0.25, -0.2) is 13.6 Å². The molecule has 1 aromatic rings. The highest BCUT2D eigenvalue weighted by Gasteiger charge is 2.58. The van der Waals surface area contributed by atoms with Crippen molar-refractivity contribution in [2.24, 2.45) is 0 Å². The minimum atomic E-state index is -6.07. The minimum absolute atomic E-state index is 0.109. The SMILES string of the molecule is O=C(O)c1cc(F)c(F)c(OCC(F)(F)C(F)(F)F)c1F. The van der Waals surface area contributed by atoms with Crippen LogP contribution in [-0.2, 0) is 0 Å². The van der Waals surface area contributed by atoms with E-state index in [1.165, 1.54) is 0 Å². The van der Waals surface area contributed by atoms with Crippen LogP contribution in [0.1, 0.15) is 10.4 Å². The molecular formula is C10H4F8O3. The first-order valence-electron chi connectivity index (χ1n) is 4.86. The molecule has 0 saturated heterocycles. The Morgan fingerprint density at radius 3 is 2.05 bits per heavy atom. The van der Waals surface area contributed by atoms with Gasteiger partial charge in [-0.05, 0) is 6.07 Å². The van der Waals surface area contributed by atoms with E-state index in [9.17, 15) is 39.9 Å². The summed E-state index contributed by atoms with van der Waals surface area (Å²) < 4.78 is 104. The molecule has 0 bridgehead atoms. The van der Waals surface area contributed by atoms with Crippen LogP contribution in [0.25, 0.3) is 0 Å². The van der Waals surface area contributed by atoms with Crippen molar-refractivity contribution in [3.63, 3.8) is 0 Å². The highest BCUT2D eigenvalue weighted by molar-refractivity contribution is 5.88. The zero-order valence-corrected chi connectivity index (χ0v) is 9.57. The van der Waals surface area contributed by atoms with E-state index in [0.717, 1.165) is 0 Å². The third-order valence-corrected chi connectivity index (χ3v) is 2.16. The second-order valence-corrected chi connectivity index (χ2v) is 3.66. The van der Waals surface area contributed by atoms with Gasteiger partial charge in [-0.1, -0.05) is 0 Å². The molecule has 0 spiro atoms. The Balaban J connectivity index is 3.18. The van der Waals surface area contributed by atoms with Crippen LogP contribution in [-0.4, -0.2) is 29.8 Å². The summed E-state index contributed by atoms with van der Waals surface area (Å²) in [6.07, 6.45) is -6.07. The van der Waals surface area contributed by atoms with Crippen LogP contribution >= 0.6 is 0 Å². The first-order valence-corrected chi connectivity index (χ1v) is 4.86. The van der Waals surface area contributed by atoms with Crippen LogP contribution in [0, 0.1) is 17.5 Å². The summed E-state index contributed by atoms with van der Waals surface area (Å²) in [6, 6.07) is -0.109. The highest BCUT2D eigenvalue weighted by Crippen LogP contribution is 2.37. The molecule has 0 aromatic heterocycles. The smallest absolute Gasteiger partial charge is 0.456 e. The Kier molecular flexibility index (Phi) is 4.34. The highest BCUT2D eigenvalue weighted by atomic mass is 19.4. The molecule has 0 fully saturated rings. The van der Waals surface area contributed by atoms with Crippen molar-refractivity contribution in [1.82, 2.24) is 0 Å². The van der Waals surface area contributed by atoms with Gasteiger partial charge in [0.15, 0.2) is 24.0 Å². The lowest BCUT2D eigenvalue weighted by Crippen LogP contribution is -2.42. The average Bonchev–Trinajstić information content (AvgIpc) is 2.31. The van der Waals surface area contributed by atoms with Gasteiger partial charge in [0.05, 0.1) is 0 Å². The van der Waals surface area contributed by atoms with Gasteiger partial charge in [0.25, 0.3) is 0 Å². The third-order valence-electron chi connectivity index (χ3n) is 2.16. The molecule has 0 atom stereocenters. The van der Waals surface area contributed by atoms with E-state index in [1.54, 1.807) is 0 Å². The molecule has 0 aliphatic heterocycles. The first-order chi connectivity index (χ1) is 9.38. The summed E-state index contributed by atoms with van der Waals surface area (Å²) in [5.74, 6) is -15.9. The predicted molar refractivity (Wildman–Crippen MR) is 49.8 cm³/mol. The fourth-order valence-electron chi connectivity index (χ4n) is 1.11. The molecule has 21 heavy (non-hydrogen) atoms. The van der Waals surface area contributed by atoms with Gasteiger partial charge < -0.3 is 9.84 Å². The van der Waals surface area contributed by atoms with E-state index in [-0.39, 0.29) is 6.07 Å². The van der Waals surface area contributed by atoms with Crippen molar-refractivity contribution in [3.8, 4) is 5.75 Å². The van der Waals surface area contributed by atoms with Crippen molar-refractivity contribution < 1.29 is 49.8 Å². The van der Waals surface area contributed by atoms with Crippen molar-refractivity contribution >= 4 is 5.97 Å². The molecule has 11 heteroatoms. The van der Waals surface area contributed by atoms with Crippen LogP contribution in [0.4, 0.5) is 35.1 Å². The first kappa shape index (κ1) is 17.0. The van der Waals surface area contributed by atoms with E-state index in [4.69, 9.17) is 5.11 Å². The Labute approximate surface area is 110 Å². The number of halogens is 8. The molecule has 118 valence electrons. The number of carbonyl (C=O) groups is 1. The van der Waals surface area contributed by atoms with Gasteiger partial charge in [0.1, 0.15) is 5.56 Å². The maximum Gasteiger partial charge on any atom is 0.456 e. The topological polar surface area (TPSA) is 46.5 Å². The Morgan fingerprint density at radius 1 is 1.10 bits per heavy atom. The molecule has 0 heterocycles. The van der Waals surface area contributed by atoms with Gasteiger partial charge >= 0.3 is 18.1 Å². The molecule has 0 aliphatic rings. The maximum absolute atomic E-state index is 13.4. The number of alkyl halides is 5. The number of aromatic carboxylic acids is 1. The normalized spacial score (nSPS) is 12.4. The van der Waals surface area contributed by atoms with Crippen molar-refractivity contribution in [3.05, 3.63) is 29.1 Å². The number of benzene rings is 1. The molecule has 0 aliphatic carbocycles. The lowest BCUT2D eigenvalue weighted by molar-refractivity contribution is -0.290. The molecule has 1 aromatic carbocycles. The quantitative estimate of drug-likeness (QED) is 0.682. The summed E-state index contributed by atoms with van der Waals surface area (Å²) in [5, 5.41) is 8.45. The summed E-state index contributed by atoms with van der Waals surface area (Å²) in [5.41, 5.74) is -1.49. The second kappa shape index (κ2) is 5.37. The predicted octanol–water partition coefficient (Wildman–Crippen LogP) is 3.38. The number of ether oxygens (including phenoxy) is 1. The number of rotatable bonds is 4. The zero-order valence-electron chi connectivity index (χ0n) is 9.57. The van der Waals surface area contributed by atoms with Gasteiger partial charge in [-0.15, -0.1) is 0 Å². The second-order valence-electron chi connectivity index (χ2n) is 3.66. The molecule has 0 amide bonds. The maximum atomic E-state index is 13.4. The van der Waals surface area contributed by atoms with Crippen LogP contribution in [0.3, 0.4) is 0 Å². The Bertz CT molecular complexity index is 566. The zero-order chi connectivity index (χ0) is 16.6. The molecule has 1 rings (SSSR count). The minimum Gasteiger partial charge on any atom is -0.481 e. The number of carboxylic acids is 1. The van der Waals surface area contributed by atoms with Gasteiger partial charge in [0.2, 0.25) is 5.82 Å². The van der Waals surface area contributed by atoms with Crippen LogP contribution < -0.4 is 4.74 Å². The summed E-state index contributed by atoms with van der Waals surface area (Å²) in [7, 11) is 0. The molecule has 0 saturated carbocycles. The van der Waals surface area contributed by atoms with E-state index in [2.05, 4.69) is 4.74 Å². The lowest BCUT2D eigenvalue weighted by atomic mass is 10.2. The van der Waals surface area contributed by atoms with E-state index < -0.39 is 53.4 Å². The largest absolute Gasteiger partial charge is 0.481 e. The van der Waals surface area contributed by atoms with Crippen molar-refractivity contribution in [2.75, 3.05) is 6.61 Å². The van der Waals surface area contributed by atoms with Crippen molar-refractivity contribution in [2.45, 2.75) is 12.1 Å². The van der Waals surface area contributed by atoms with Crippen molar-refractivity contribution in [1.29, 1.82) is 0 Å². The third kappa shape index (κ3) is 3.34. The number of hydrogen-bond donors (Lipinski definition) is 1. The molecular weight excluding hydrogens is 320 g/mol. The Morgan fingerprint density at radius 2 is 1.62 bits per heavy atom. The average molecular weight is 324 g/mol. The van der Waals surface area contributed by atoms with E-state index in [0.29, 0.717) is 0 Å². The number of carboxylic acid groups (broad SMARTS) is 1. The molecule has 3 nitrogen and oxygen atoms in total. The van der Waals surface area contributed by atoms with Crippen LogP contribution in [0.2, 0.25) is 0 Å². The van der Waals surface area contributed by atoms with Gasteiger partial charge in [-0.3, -0.25) is 0 Å². The lowest BCUT2D eigenvalue weighted by Gasteiger charge is -2.20. The summed E-state index contributed by atoms with van der Waals surface area (Å²) >= 11 is 0. The summed E-state index contributed by atoms with van der Waals surface area (Å²) in [6.45, 7) is -2.55. The van der Waals surface area contributed by atoms with Crippen LogP contribution in [0.15, 0.2) is 6.07 Å². The molecule has 0 unspecified atom stereocenters. The molecule has 1 N–H and O–H groups in total. The molecule has 0 radical (unpaired) electrons. The van der Waals surface area contributed by atoms with Gasteiger partial charge in [0, 0.05) is 0 Å². The fourth-order valence-corrected chi connectivity index (χ4v) is 1.11. The van der Waals surface area contributed by atoms with E-state index in [1.807, 2.05) is 0 Å². The standard InChI is InChI=1S/C10H4F8O3/c11-4-1-3(8(19)20)5(12)7(6(4)13)21-2-9(14,15)10(16,17)18/h1H,2H2,(H,19,20). The monoisotopic (exact) mass is 324 g/mol. The fraction of sp³-hybridized carbons (Fsp3) is 0.300. The summed E-state index contributed by atoms with van der Waals surface area (Å²) in [4.78, 5) is 10.5. The van der Waals surface area contributed by atoms with Gasteiger partial charge in [-0.2, -0.15) is 26.3 Å².